The van der Waals surface area contributed by atoms with E-state index in [-0.39, 0.29) is 12.4 Å². The van der Waals surface area contributed by atoms with E-state index in [1.54, 1.807) is 19.2 Å². The van der Waals surface area contributed by atoms with Gasteiger partial charge in [-0.15, -0.1) is 0 Å². The van der Waals surface area contributed by atoms with Crippen LogP contribution >= 0.6 is 0 Å². The largest absolute Gasteiger partial charge is 0.393 e. The first-order valence-corrected chi connectivity index (χ1v) is 4.50. The zero-order valence-corrected chi connectivity index (χ0v) is 8.46. The summed E-state index contributed by atoms with van der Waals surface area (Å²) in [6.45, 7) is 1.76. The van der Waals surface area contributed by atoms with E-state index in [1.807, 2.05) is 6.92 Å². The Balaban J connectivity index is 2.72. The molecule has 1 aromatic rings. The lowest BCUT2D eigenvalue weighted by Crippen LogP contribution is -2.34. The highest BCUT2D eigenvalue weighted by molar-refractivity contribution is 5.18. The van der Waals surface area contributed by atoms with E-state index < -0.39 is 5.60 Å². The molecule has 0 saturated carbocycles. The SMILES string of the molecule is COC(C)(CO)Cc1ccc(F)cc1. The highest BCUT2D eigenvalue weighted by Gasteiger charge is 2.22. The van der Waals surface area contributed by atoms with Crippen LogP contribution in [-0.2, 0) is 11.2 Å². The Bertz CT molecular complexity index is 278. The van der Waals surface area contributed by atoms with Gasteiger partial charge in [-0.2, -0.15) is 0 Å². The number of rotatable bonds is 4. The molecule has 1 unspecified atom stereocenters. The highest BCUT2D eigenvalue weighted by atomic mass is 19.1. The molecule has 0 bridgehead atoms. The van der Waals surface area contributed by atoms with Crippen LogP contribution in [0.4, 0.5) is 4.39 Å². The van der Waals surface area contributed by atoms with Crippen LogP contribution < -0.4 is 0 Å². The van der Waals surface area contributed by atoms with Crippen molar-refractivity contribution < 1.29 is 14.2 Å². The maximum absolute atomic E-state index is 12.6. The standard InChI is InChI=1S/C11H15FO2/c1-11(8-13,14-2)7-9-3-5-10(12)6-4-9/h3-6,13H,7-8H2,1-2H3. The highest BCUT2D eigenvalue weighted by Crippen LogP contribution is 2.16. The second-order valence-electron chi connectivity index (χ2n) is 3.62. The van der Waals surface area contributed by atoms with Crippen molar-refractivity contribution in [3.63, 3.8) is 0 Å². The number of methoxy groups -OCH3 is 1. The van der Waals surface area contributed by atoms with Gasteiger partial charge in [-0.1, -0.05) is 12.1 Å². The Morgan fingerprint density at radius 2 is 1.93 bits per heavy atom. The van der Waals surface area contributed by atoms with E-state index in [0.717, 1.165) is 5.56 Å². The minimum atomic E-state index is -0.585. The van der Waals surface area contributed by atoms with E-state index in [4.69, 9.17) is 9.84 Å². The number of ether oxygens (including phenoxy) is 1. The topological polar surface area (TPSA) is 29.5 Å². The van der Waals surface area contributed by atoms with Crippen molar-refractivity contribution in [3.05, 3.63) is 35.6 Å². The van der Waals surface area contributed by atoms with E-state index in [2.05, 4.69) is 0 Å². The monoisotopic (exact) mass is 198 g/mol. The van der Waals surface area contributed by atoms with E-state index in [1.165, 1.54) is 12.1 Å². The molecule has 3 heteroatoms. The first-order valence-electron chi connectivity index (χ1n) is 4.50. The van der Waals surface area contributed by atoms with Gasteiger partial charge in [-0.3, -0.25) is 0 Å². The molecule has 1 atom stereocenters. The van der Waals surface area contributed by atoms with Crippen LogP contribution in [0.15, 0.2) is 24.3 Å². The number of aliphatic hydroxyl groups excluding tert-OH is 1. The Morgan fingerprint density at radius 3 is 2.36 bits per heavy atom. The van der Waals surface area contributed by atoms with Gasteiger partial charge in [0, 0.05) is 13.5 Å². The first kappa shape index (κ1) is 11.1. The minimum Gasteiger partial charge on any atom is -0.393 e. The summed E-state index contributed by atoms with van der Waals surface area (Å²) in [5, 5.41) is 9.10. The van der Waals surface area contributed by atoms with Gasteiger partial charge in [0.15, 0.2) is 0 Å². The molecule has 1 rings (SSSR count). The smallest absolute Gasteiger partial charge is 0.123 e. The number of hydrogen-bond acceptors (Lipinski definition) is 2. The van der Waals surface area contributed by atoms with Crippen molar-refractivity contribution in [2.24, 2.45) is 0 Å². The number of benzene rings is 1. The molecule has 1 N–H and O–H groups in total. The molecule has 0 aliphatic carbocycles. The summed E-state index contributed by atoms with van der Waals surface area (Å²) in [6.07, 6.45) is 0.570. The van der Waals surface area contributed by atoms with Crippen LogP contribution in [0.5, 0.6) is 0 Å². The zero-order valence-electron chi connectivity index (χ0n) is 8.46. The fourth-order valence-electron chi connectivity index (χ4n) is 1.23. The van der Waals surface area contributed by atoms with Gasteiger partial charge in [-0.25, -0.2) is 4.39 Å². The Labute approximate surface area is 83.3 Å². The zero-order chi connectivity index (χ0) is 10.6. The molecule has 78 valence electrons. The van der Waals surface area contributed by atoms with Gasteiger partial charge in [0.1, 0.15) is 5.82 Å². The van der Waals surface area contributed by atoms with Crippen molar-refractivity contribution in [1.29, 1.82) is 0 Å². The van der Waals surface area contributed by atoms with Gasteiger partial charge in [0.05, 0.1) is 12.2 Å². The minimum absolute atomic E-state index is 0.0547. The van der Waals surface area contributed by atoms with Gasteiger partial charge < -0.3 is 9.84 Å². The fourth-order valence-corrected chi connectivity index (χ4v) is 1.23. The summed E-state index contributed by atoms with van der Waals surface area (Å²) in [7, 11) is 1.56. The average Bonchev–Trinajstić information content (AvgIpc) is 2.21. The third-order valence-corrected chi connectivity index (χ3v) is 2.32. The average molecular weight is 198 g/mol. The molecule has 0 aromatic heterocycles. The molecule has 0 radical (unpaired) electrons. The molecule has 0 heterocycles. The van der Waals surface area contributed by atoms with Crippen molar-refractivity contribution >= 4 is 0 Å². The second kappa shape index (κ2) is 4.53. The molecule has 0 amide bonds. The van der Waals surface area contributed by atoms with Crippen molar-refractivity contribution in [2.75, 3.05) is 13.7 Å². The normalized spacial score (nSPS) is 15.1. The molecule has 0 aliphatic heterocycles. The summed E-state index contributed by atoms with van der Waals surface area (Å²) in [6, 6.07) is 6.20. The van der Waals surface area contributed by atoms with Crippen molar-refractivity contribution in [1.82, 2.24) is 0 Å². The quantitative estimate of drug-likeness (QED) is 0.798. The predicted molar refractivity (Wildman–Crippen MR) is 52.6 cm³/mol. The Hall–Kier alpha value is -0.930. The van der Waals surface area contributed by atoms with Crippen LogP contribution in [-0.4, -0.2) is 24.4 Å². The summed E-state index contributed by atoms with van der Waals surface area (Å²) >= 11 is 0. The number of halogens is 1. The van der Waals surface area contributed by atoms with E-state index in [9.17, 15) is 4.39 Å². The van der Waals surface area contributed by atoms with Crippen LogP contribution in [0.25, 0.3) is 0 Å². The fraction of sp³-hybridized carbons (Fsp3) is 0.455. The molecular weight excluding hydrogens is 183 g/mol. The van der Waals surface area contributed by atoms with E-state index in [0.29, 0.717) is 6.42 Å². The molecule has 14 heavy (non-hydrogen) atoms. The first-order chi connectivity index (χ1) is 6.59. The lowest BCUT2D eigenvalue weighted by atomic mass is 9.97. The molecular formula is C11H15FO2. The maximum Gasteiger partial charge on any atom is 0.123 e. The predicted octanol–water partition coefficient (Wildman–Crippen LogP) is 1.77. The Kier molecular flexibility index (Phi) is 3.61. The molecule has 0 spiro atoms. The molecule has 2 nitrogen and oxygen atoms in total. The number of hydrogen-bond donors (Lipinski definition) is 1. The summed E-state index contributed by atoms with van der Waals surface area (Å²) in [4.78, 5) is 0. The maximum atomic E-state index is 12.6. The van der Waals surface area contributed by atoms with Crippen molar-refractivity contribution in [3.8, 4) is 0 Å². The third-order valence-electron chi connectivity index (χ3n) is 2.32. The van der Waals surface area contributed by atoms with Gasteiger partial charge in [0.25, 0.3) is 0 Å². The molecule has 0 aliphatic rings. The second-order valence-corrected chi connectivity index (χ2v) is 3.62. The lowest BCUT2D eigenvalue weighted by Gasteiger charge is -2.25. The third kappa shape index (κ3) is 2.79. The van der Waals surface area contributed by atoms with Gasteiger partial charge >= 0.3 is 0 Å². The van der Waals surface area contributed by atoms with Gasteiger partial charge in [0.2, 0.25) is 0 Å². The van der Waals surface area contributed by atoms with Crippen LogP contribution in [0.3, 0.4) is 0 Å². The number of aliphatic hydroxyl groups is 1. The van der Waals surface area contributed by atoms with Gasteiger partial charge in [-0.05, 0) is 24.6 Å². The van der Waals surface area contributed by atoms with Crippen LogP contribution in [0, 0.1) is 5.82 Å². The van der Waals surface area contributed by atoms with Crippen LogP contribution in [0.1, 0.15) is 12.5 Å². The van der Waals surface area contributed by atoms with E-state index >= 15 is 0 Å². The van der Waals surface area contributed by atoms with Crippen LogP contribution in [0.2, 0.25) is 0 Å². The summed E-state index contributed by atoms with van der Waals surface area (Å²) < 4.78 is 17.8. The summed E-state index contributed by atoms with van der Waals surface area (Å²) in [5.41, 5.74) is 0.363. The van der Waals surface area contributed by atoms with Crippen molar-refractivity contribution in [2.45, 2.75) is 18.9 Å². The molecule has 0 saturated heterocycles. The summed E-state index contributed by atoms with van der Waals surface area (Å²) in [5.74, 6) is -0.253. The molecule has 0 fully saturated rings. The Morgan fingerprint density at radius 1 is 1.36 bits per heavy atom. The lowest BCUT2D eigenvalue weighted by molar-refractivity contribution is -0.0368. The molecule has 1 aromatic carbocycles.